The number of nitrogens with zero attached hydrogens (tertiary/aromatic N) is 1. The van der Waals surface area contributed by atoms with E-state index in [9.17, 15) is 18.4 Å². The van der Waals surface area contributed by atoms with Gasteiger partial charge in [0, 0.05) is 24.2 Å². The van der Waals surface area contributed by atoms with Crippen LogP contribution in [0.3, 0.4) is 0 Å². The molecule has 2 fully saturated rings. The van der Waals surface area contributed by atoms with Gasteiger partial charge in [-0.2, -0.15) is 8.78 Å². The molecule has 0 aliphatic carbocycles. The highest BCUT2D eigenvalue weighted by atomic mass is 19.3. The zero-order valence-corrected chi connectivity index (χ0v) is 18.6. The zero-order valence-electron chi connectivity index (χ0n) is 18.6. The van der Waals surface area contributed by atoms with Crippen LogP contribution in [0, 0.1) is 0 Å². The van der Waals surface area contributed by atoms with Gasteiger partial charge < -0.3 is 15.4 Å². The normalized spacial score (nSPS) is 25.3. The fourth-order valence-corrected chi connectivity index (χ4v) is 5.22. The molecule has 0 radical (unpaired) electrons. The predicted octanol–water partition coefficient (Wildman–Crippen LogP) is 3.97. The molecule has 0 saturated carbocycles. The minimum Gasteiger partial charge on any atom is -0.435 e. The fourth-order valence-electron chi connectivity index (χ4n) is 5.22. The number of anilines is 1. The van der Waals surface area contributed by atoms with Crippen LogP contribution in [0.25, 0.3) is 0 Å². The van der Waals surface area contributed by atoms with E-state index >= 15 is 0 Å². The molecule has 8 heteroatoms. The summed E-state index contributed by atoms with van der Waals surface area (Å²) < 4.78 is 29.1. The van der Waals surface area contributed by atoms with Crippen molar-refractivity contribution in [3.05, 3.63) is 60.2 Å². The van der Waals surface area contributed by atoms with Gasteiger partial charge in [-0.3, -0.25) is 14.5 Å². The third-order valence-corrected chi connectivity index (χ3v) is 6.57. The van der Waals surface area contributed by atoms with Gasteiger partial charge in [0.05, 0.1) is 12.1 Å². The summed E-state index contributed by atoms with van der Waals surface area (Å²) in [6, 6.07) is 16.2. The summed E-state index contributed by atoms with van der Waals surface area (Å²) in [5.41, 5.74) is 1.31. The van der Waals surface area contributed by atoms with E-state index in [-0.39, 0.29) is 41.7 Å². The van der Waals surface area contributed by atoms with Crippen LogP contribution >= 0.6 is 0 Å². The lowest BCUT2D eigenvalue weighted by Crippen LogP contribution is -2.54. The molecule has 2 saturated heterocycles. The number of fused-ring (bicyclic) bond motifs is 1. The lowest BCUT2D eigenvalue weighted by Gasteiger charge is -2.34. The second-order valence-corrected chi connectivity index (χ2v) is 9.04. The van der Waals surface area contributed by atoms with Crippen molar-refractivity contribution >= 4 is 17.5 Å². The second-order valence-electron chi connectivity index (χ2n) is 9.04. The number of halogens is 2. The van der Waals surface area contributed by atoms with Crippen LogP contribution in [-0.4, -0.2) is 47.5 Å². The van der Waals surface area contributed by atoms with Gasteiger partial charge in [0.15, 0.2) is 0 Å². The number of ether oxygens (including phenoxy) is 1. The van der Waals surface area contributed by atoms with E-state index in [2.05, 4.69) is 39.3 Å². The Kier molecular flexibility index (Phi) is 6.93. The van der Waals surface area contributed by atoms with Crippen LogP contribution in [0.5, 0.6) is 5.75 Å². The number of likely N-dealkylation sites (tertiary alicyclic amines) is 1. The third kappa shape index (κ3) is 5.68. The highest BCUT2D eigenvalue weighted by Crippen LogP contribution is 2.39. The summed E-state index contributed by atoms with van der Waals surface area (Å²) in [6.07, 6.45) is 3.69. The smallest absolute Gasteiger partial charge is 0.387 e. The van der Waals surface area contributed by atoms with E-state index in [1.807, 2.05) is 18.2 Å². The summed E-state index contributed by atoms with van der Waals surface area (Å²) in [5, 5.41) is 6.08. The predicted molar refractivity (Wildman–Crippen MR) is 121 cm³/mol. The molecule has 0 spiro atoms. The third-order valence-electron chi connectivity index (χ3n) is 6.57. The first-order valence-corrected chi connectivity index (χ1v) is 11.3. The molecule has 2 aromatic carbocycles. The van der Waals surface area contributed by atoms with E-state index < -0.39 is 6.61 Å². The van der Waals surface area contributed by atoms with Crippen molar-refractivity contribution in [1.29, 1.82) is 0 Å². The molecular formula is C25H29F2N3O3. The average Bonchev–Trinajstić information content (AvgIpc) is 2.90. The maximum Gasteiger partial charge on any atom is 0.387 e. The molecule has 2 heterocycles. The van der Waals surface area contributed by atoms with E-state index in [1.165, 1.54) is 29.8 Å². The van der Waals surface area contributed by atoms with Crippen molar-refractivity contribution in [3.63, 3.8) is 0 Å². The molecule has 6 nitrogen and oxygen atoms in total. The number of alkyl halides is 2. The summed E-state index contributed by atoms with van der Waals surface area (Å²) >= 11 is 0. The Morgan fingerprint density at radius 3 is 2.64 bits per heavy atom. The lowest BCUT2D eigenvalue weighted by atomic mass is 9.89. The summed E-state index contributed by atoms with van der Waals surface area (Å²) in [4.78, 5) is 27.5. The first-order valence-electron chi connectivity index (χ1n) is 11.3. The second kappa shape index (κ2) is 9.87. The first kappa shape index (κ1) is 23.2. The Labute approximate surface area is 192 Å². The summed E-state index contributed by atoms with van der Waals surface area (Å²) in [5.74, 6) is -0.0817. The number of carbonyl (C=O) groups is 2. The largest absolute Gasteiger partial charge is 0.435 e. The van der Waals surface area contributed by atoms with Crippen molar-refractivity contribution in [2.24, 2.45) is 0 Å². The Hall–Kier alpha value is -3.00. The van der Waals surface area contributed by atoms with Crippen LogP contribution in [0.15, 0.2) is 54.6 Å². The number of carbonyl (C=O) groups excluding carboxylic acids is 2. The number of nitrogens with one attached hydrogen (secondary N) is 2. The molecular weight excluding hydrogens is 428 g/mol. The summed E-state index contributed by atoms with van der Waals surface area (Å²) in [6.45, 7) is -0.627. The Balaban J connectivity index is 1.49. The minimum atomic E-state index is -2.89. The molecule has 176 valence electrons. The fraction of sp³-hybridized carbons (Fsp3) is 0.440. The van der Waals surface area contributed by atoms with E-state index in [4.69, 9.17) is 0 Å². The Bertz CT molecular complexity index is 971. The maximum atomic E-state index is 13.0. The number of hydrogen-bond acceptors (Lipinski definition) is 4. The van der Waals surface area contributed by atoms with Gasteiger partial charge in [0.2, 0.25) is 11.8 Å². The van der Waals surface area contributed by atoms with Gasteiger partial charge in [-0.25, -0.2) is 0 Å². The average molecular weight is 458 g/mol. The highest BCUT2D eigenvalue weighted by molar-refractivity contribution is 5.92. The number of rotatable bonds is 7. The van der Waals surface area contributed by atoms with Gasteiger partial charge >= 0.3 is 6.61 Å². The Morgan fingerprint density at radius 2 is 1.94 bits per heavy atom. The molecule has 2 aliphatic heterocycles. The molecule has 2 amide bonds. The van der Waals surface area contributed by atoms with Gasteiger partial charge in [-0.15, -0.1) is 0 Å². The van der Waals surface area contributed by atoms with Crippen LogP contribution in [-0.2, 0) is 16.0 Å². The van der Waals surface area contributed by atoms with E-state index in [1.54, 1.807) is 0 Å². The van der Waals surface area contributed by atoms with Crippen molar-refractivity contribution in [3.8, 4) is 5.75 Å². The molecule has 4 rings (SSSR count). The topological polar surface area (TPSA) is 70.7 Å². The SMILES string of the molecule is C[C@]12C[C@@H](Cc3ccccc3)N(CC(=O)Nc3ccc(OC(F)F)cc3)[C@H]1CCCC(=O)N2. The molecule has 3 atom stereocenters. The maximum absolute atomic E-state index is 13.0. The number of benzene rings is 2. The highest BCUT2D eigenvalue weighted by Gasteiger charge is 2.50. The van der Waals surface area contributed by atoms with Gasteiger partial charge in [-0.05, 0) is 62.4 Å². The van der Waals surface area contributed by atoms with Crippen molar-refractivity contribution < 1.29 is 23.1 Å². The van der Waals surface area contributed by atoms with Crippen LogP contribution in [0.4, 0.5) is 14.5 Å². The molecule has 2 aromatic rings. The van der Waals surface area contributed by atoms with E-state index in [0.717, 1.165) is 25.7 Å². The molecule has 0 aromatic heterocycles. The molecule has 2 N–H and O–H groups in total. The van der Waals surface area contributed by atoms with E-state index in [0.29, 0.717) is 12.1 Å². The van der Waals surface area contributed by atoms with Crippen LogP contribution in [0.2, 0.25) is 0 Å². The quantitative estimate of drug-likeness (QED) is 0.660. The molecule has 0 bridgehead atoms. The first-order chi connectivity index (χ1) is 15.8. The van der Waals surface area contributed by atoms with Crippen molar-refractivity contribution in [1.82, 2.24) is 10.2 Å². The number of amides is 2. The molecule has 0 unspecified atom stereocenters. The number of hydrogen-bond donors (Lipinski definition) is 2. The minimum absolute atomic E-state index is 0.0374. The van der Waals surface area contributed by atoms with Crippen molar-refractivity contribution in [2.45, 2.75) is 63.3 Å². The lowest BCUT2D eigenvalue weighted by molar-refractivity contribution is -0.122. The van der Waals surface area contributed by atoms with Crippen molar-refractivity contribution in [2.75, 3.05) is 11.9 Å². The van der Waals surface area contributed by atoms with Gasteiger partial charge in [-0.1, -0.05) is 30.3 Å². The summed E-state index contributed by atoms with van der Waals surface area (Å²) in [7, 11) is 0. The monoisotopic (exact) mass is 457 g/mol. The standard InChI is InChI=1S/C25H29F2N3O3/c1-25-15-19(14-17-6-3-2-4-7-17)30(21(25)8-5-9-22(31)29-25)16-23(32)28-18-10-12-20(13-11-18)33-24(26)27/h2-4,6-7,10-13,19,21,24H,5,8-9,14-16H2,1H3,(H,28,32)(H,29,31)/t19-,21+,25+/m1/s1. The molecule has 2 aliphatic rings. The van der Waals surface area contributed by atoms with Gasteiger partial charge in [0.1, 0.15) is 5.75 Å². The molecule has 33 heavy (non-hydrogen) atoms. The zero-order chi connectivity index (χ0) is 23.4. The van der Waals surface area contributed by atoms with Gasteiger partial charge in [0.25, 0.3) is 0 Å². The van der Waals surface area contributed by atoms with Crippen LogP contribution < -0.4 is 15.4 Å². The van der Waals surface area contributed by atoms with Crippen LogP contribution in [0.1, 0.15) is 38.2 Å². The Morgan fingerprint density at radius 1 is 1.21 bits per heavy atom.